The van der Waals surface area contributed by atoms with E-state index >= 15 is 0 Å². The molecule has 2 heterocycles. The third-order valence-corrected chi connectivity index (χ3v) is 2.81. The molecule has 0 radical (unpaired) electrons. The fraction of sp³-hybridized carbons (Fsp3) is 0.200. The second-order valence-electron chi connectivity index (χ2n) is 3.03. The van der Waals surface area contributed by atoms with E-state index in [0.29, 0.717) is 5.75 Å². The number of aromatic nitrogens is 2. The molecule has 0 unspecified atom stereocenters. The zero-order valence-corrected chi connectivity index (χ0v) is 9.25. The Morgan fingerprint density at radius 1 is 1.53 bits per heavy atom. The van der Waals surface area contributed by atoms with Crippen molar-refractivity contribution in [3.8, 4) is 16.9 Å². The maximum absolute atomic E-state index is 11.7. The Balaban J connectivity index is 2.68. The number of nitrogens with zero attached hydrogens (tertiary/aromatic N) is 2. The van der Waals surface area contributed by atoms with Crippen molar-refractivity contribution in [2.75, 3.05) is 7.11 Å². The number of hydrogen-bond donors (Lipinski definition) is 0. The Morgan fingerprint density at radius 2 is 2.33 bits per heavy atom. The van der Waals surface area contributed by atoms with Crippen LogP contribution in [0.5, 0.6) is 5.75 Å². The van der Waals surface area contributed by atoms with Gasteiger partial charge in [0.2, 0.25) is 0 Å². The minimum atomic E-state index is -0.221. The molecule has 0 spiro atoms. The third kappa shape index (κ3) is 1.66. The summed E-state index contributed by atoms with van der Waals surface area (Å²) in [7, 11) is 3.09. The van der Waals surface area contributed by atoms with Crippen LogP contribution in [0, 0.1) is 0 Å². The van der Waals surface area contributed by atoms with Crippen LogP contribution < -0.4 is 10.3 Å². The highest BCUT2D eigenvalue weighted by atomic mass is 32.1. The Morgan fingerprint density at radius 3 is 2.93 bits per heavy atom. The molecule has 78 valence electrons. The molecule has 2 aromatic heterocycles. The van der Waals surface area contributed by atoms with Crippen molar-refractivity contribution in [2.45, 2.75) is 0 Å². The van der Waals surface area contributed by atoms with Gasteiger partial charge in [-0.25, -0.2) is 4.68 Å². The van der Waals surface area contributed by atoms with E-state index in [1.54, 1.807) is 24.6 Å². The molecular formula is C10H10N2O2S. The third-order valence-electron chi connectivity index (χ3n) is 2.13. The van der Waals surface area contributed by atoms with Gasteiger partial charge < -0.3 is 4.74 Å². The van der Waals surface area contributed by atoms with E-state index in [1.165, 1.54) is 11.8 Å². The first-order valence-electron chi connectivity index (χ1n) is 4.37. The van der Waals surface area contributed by atoms with Crippen molar-refractivity contribution in [1.29, 1.82) is 0 Å². The highest BCUT2D eigenvalue weighted by Crippen LogP contribution is 2.27. The molecule has 2 rings (SSSR count). The molecule has 0 aliphatic heterocycles. The van der Waals surface area contributed by atoms with E-state index in [0.717, 1.165) is 11.1 Å². The summed E-state index contributed by atoms with van der Waals surface area (Å²) in [6, 6.07) is 1.93. The van der Waals surface area contributed by atoms with E-state index in [9.17, 15) is 4.79 Å². The van der Waals surface area contributed by atoms with Crippen molar-refractivity contribution >= 4 is 11.3 Å². The Bertz CT molecular complexity index is 517. The molecule has 0 N–H and O–H groups in total. The highest BCUT2D eigenvalue weighted by molar-refractivity contribution is 7.08. The van der Waals surface area contributed by atoms with Crippen LogP contribution in [-0.4, -0.2) is 16.9 Å². The molecule has 2 aromatic rings. The minimum Gasteiger partial charge on any atom is -0.491 e. The number of hydrogen-bond acceptors (Lipinski definition) is 4. The van der Waals surface area contributed by atoms with Crippen molar-refractivity contribution < 1.29 is 4.74 Å². The maximum atomic E-state index is 11.7. The fourth-order valence-corrected chi connectivity index (χ4v) is 1.99. The lowest BCUT2D eigenvalue weighted by Gasteiger charge is -2.06. The first-order valence-corrected chi connectivity index (χ1v) is 5.31. The Labute approximate surface area is 90.8 Å². The first-order chi connectivity index (χ1) is 7.24. The second kappa shape index (κ2) is 3.86. The van der Waals surface area contributed by atoms with Crippen LogP contribution in [0.1, 0.15) is 0 Å². The van der Waals surface area contributed by atoms with Crippen LogP contribution in [0.2, 0.25) is 0 Å². The molecule has 0 aromatic carbocycles. The van der Waals surface area contributed by atoms with E-state index in [2.05, 4.69) is 5.10 Å². The van der Waals surface area contributed by atoms with Crippen molar-refractivity contribution in [1.82, 2.24) is 9.78 Å². The second-order valence-corrected chi connectivity index (χ2v) is 3.81. The molecule has 0 fully saturated rings. The van der Waals surface area contributed by atoms with Crippen LogP contribution in [0.4, 0.5) is 0 Å². The van der Waals surface area contributed by atoms with Crippen molar-refractivity contribution in [3.05, 3.63) is 33.4 Å². The number of methoxy groups -OCH3 is 1. The summed E-state index contributed by atoms with van der Waals surface area (Å²) in [5, 5.41) is 7.88. The lowest BCUT2D eigenvalue weighted by molar-refractivity contribution is 0.402. The Kier molecular flexibility index (Phi) is 2.55. The number of aryl methyl sites for hydroxylation is 1. The van der Waals surface area contributed by atoms with Gasteiger partial charge in [-0.3, -0.25) is 4.79 Å². The van der Waals surface area contributed by atoms with Gasteiger partial charge in [-0.15, -0.1) is 0 Å². The Hall–Kier alpha value is -1.62. The topological polar surface area (TPSA) is 44.1 Å². The molecule has 0 atom stereocenters. The van der Waals surface area contributed by atoms with Gasteiger partial charge in [-0.05, 0) is 22.4 Å². The van der Waals surface area contributed by atoms with Gasteiger partial charge in [0, 0.05) is 7.05 Å². The molecule has 0 aliphatic carbocycles. The van der Waals surface area contributed by atoms with Gasteiger partial charge >= 0.3 is 5.56 Å². The van der Waals surface area contributed by atoms with E-state index in [-0.39, 0.29) is 5.56 Å². The van der Waals surface area contributed by atoms with Gasteiger partial charge in [0.1, 0.15) is 0 Å². The predicted octanol–water partition coefficient (Wildman–Crippen LogP) is 1.52. The molecular weight excluding hydrogens is 212 g/mol. The summed E-state index contributed by atoms with van der Waals surface area (Å²) in [5.74, 6) is 0.339. The van der Waals surface area contributed by atoms with Crippen molar-refractivity contribution in [3.63, 3.8) is 0 Å². The normalized spacial score (nSPS) is 10.3. The van der Waals surface area contributed by atoms with Gasteiger partial charge in [0.05, 0.1) is 18.9 Å². The smallest absolute Gasteiger partial charge is 0.309 e. The quantitative estimate of drug-likeness (QED) is 0.773. The van der Waals surface area contributed by atoms with Gasteiger partial charge in [0.15, 0.2) is 5.75 Å². The maximum Gasteiger partial charge on any atom is 0.309 e. The molecule has 0 saturated heterocycles. The number of rotatable bonds is 2. The molecule has 15 heavy (non-hydrogen) atoms. The SMILES string of the molecule is COc1c(-c2ccsc2)cnn(C)c1=O. The molecule has 0 aliphatic rings. The van der Waals surface area contributed by atoms with Crippen LogP contribution >= 0.6 is 11.3 Å². The minimum absolute atomic E-state index is 0.221. The lowest BCUT2D eigenvalue weighted by Crippen LogP contribution is -2.21. The molecule has 0 saturated carbocycles. The largest absolute Gasteiger partial charge is 0.491 e. The standard InChI is InChI=1S/C10H10N2O2S/c1-12-10(13)9(14-2)8(5-11-12)7-3-4-15-6-7/h3-6H,1-2H3. The van der Waals surface area contributed by atoms with E-state index < -0.39 is 0 Å². The van der Waals surface area contributed by atoms with Crippen LogP contribution in [0.25, 0.3) is 11.1 Å². The lowest BCUT2D eigenvalue weighted by atomic mass is 10.1. The van der Waals surface area contributed by atoms with Gasteiger partial charge in [-0.1, -0.05) is 0 Å². The molecule has 5 heteroatoms. The summed E-state index contributed by atoms with van der Waals surface area (Å²) in [6.45, 7) is 0. The zero-order chi connectivity index (χ0) is 10.8. The number of ether oxygens (including phenoxy) is 1. The van der Waals surface area contributed by atoms with Gasteiger partial charge in [-0.2, -0.15) is 16.4 Å². The molecule has 4 nitrogen and oxygen atoms in total. The average molecular weight is 222 g/mol. The summed E-state index contributed by atoms with van der Waals surface area (Å²) in [5.41, 5.74) is 1.48. The first kappa shape index (κ1) is 9.92. The summed E-state index contributed by atoms with van der Waals surface area (Å²) < 4.78 is 6.37. The van der Waals surface area contributed by atoms with E-state index in [1.807, 2.05) is 16.8 Å². The predicted molar refractivity (Wildman–Crippen MR) is 59.3 cm³/mol. The van der Waals surface area contributed by atoms with Crippen LogP contribution in [0.3, 0.4) is 0 Å². The fourth-order valence-electron chi connectivity index (χ4n) is 1.34. The average Bonchev–Trinajstić information content (AvgIpc) is 2.75. The number of thiophene rings is 1. The molecule has 0 bridgehead atoms. The van der Waals surface area contributed by atoms with E-state index in [4.69, 9.17) is 4.74 Å². The van der Waals surface area contributed by atoms with Crippen molar-refractivity contribution in [2.24, 2.45) is 7.05 Å². The summed E-state index contributed by atoms with van der Waals surface area (Å²) in [6.07, 6.45) is 1.64. The zero-order valence-electron chi connectivity index (χ0n) is 8.43. The van der Waals surface area contributed by atoms with Crippen LogP contribution in [0.15, 0.2) is 27.8 Å². The highest BCUT2D eigenvalue weighted by Gasteiger charge is 2.11. The summed E-state index contributed by atoms with van der Waals surface area (Å²) in [4.78, 5) is 11.7. The van der Waals surface area contributed by atoms with Crippen LogP contribution in [-0.2, 0) is 7.05 Å². The monoisotopic (exact) mass is 222 g/mol. The van der Waals surface area contributed by atoms with Gasteiger partial charge in [0.25, 0.3) is 0 Å². The molecule has 0 amide bonds. The summed E-state index contributed by atoms with van der Waals surface area (Å²) >= 11 is 1.57.